The smallest absolute Gasteiger partial charge is 0.161 e. The third-order valence-corrected chi connectivity index (χ3v) is 4.09. The predicted octanol–water partition coefficient (Wildman–Crippen LogP) is 5.29. The lowest BCUT2D eigenvalue weighted by Gasteiger charge is -2.25. The van der Waals surface area contributed by atoms with E-state index in [0.29, 0.717) is 0 Å². The van der Waals surface area contributed by atoms with Crippen LogP contribution >= 0.6 is 0 Å². The molecule has 114 valence electrons. The molecule has 0 saturated carbocycles. The molecule has 0 spiro atoms. The van der Waals surface area contributed by atoms with Crippen molar-refractivity contribution in [3.8, 4) is 0 Å². The Morgan fingerprint density at radius 3 is 1.79 bits per heavy atom. The summed E-state index contributed by atoms with van der Waals surface area (Å²) in [4.78, 5) is 11.5. The standard InChI is InChI=1S/C17H34O2/c1-5-7-8-9-10-11-12-13-14-15-19-17(4,6-2)16(3)18/h5-15H2,1-4H3. The highest BCUT2D eigenvalue weighted by molar-refractivity contribution is 5.84. The molecule has 0 bridgehead atoms. The molecular formula is C17H34O2. The summed E-state index contributed by atoms with van der Waals surface area (Å²) in [6.07, 6.45) is 12.6. The molecule has 0 aromatic heterocycles. The van der Waals surface area contributed by atoms with E-state index in [4.69, 9.17) is 4.74 Å². The zero-order valence-corrected chi connectivity index (χ0v) is 13.6. The van der Waals surface area contributed by atoms with Crippen molar-refractivity contribution in [2.24, 2.45) is 0 Å². The van der Waals surface area contributed by atoms with Crippen molar-refractivity contribution in [1.29, 1.82) is 0 Å². The summed E-state index contributed by atoms with van der Waals surface area (Å²) in [7, 11) is 0. The van der Waals surface area contributed by atoms with Crippen LogP contribution in [-0.4, -0.2) is 18.0 Å². The van der Waals surface area contributed by atoms with Gasteiger partial charge < -0.3 is 4.74 Å². The van der Waals surface area contributed by atoms with E-state index < -0.39 is 5.60 Å². The van der Waals surface area contributed by atoms with E-state index in [2.05, 4.69) is 6.92 Å². The molecule has 2 nitrogen and oxygen atoms in total. The van der Waals surface area contributed by atoms with Gasteiger partial charge in [-0.1, -0.05) is 65.2 Å². The molecule has 0 aliphatic carbocycles. The lowest BCUT2D eigenvalue weighted by molar-refractivity contribution is -0.140. The largest absolute Gasteiger partial charge is 0.368 e. The minimum atomic E-state index is -0.555. The zero-order chi connectivity index (χ0) is 14.6. The maximum Gasteiger partial charge on any atom is 0.161 e. The molecule has 0 aromatic carbocycles. The van der Waals surface area contributed by atoms with Crippen LogP contribution in [0.1, 0.15) is 91.9 Å². The summed E-state index contributed by atoms with van der Waals surface area (Å²) in [5, 5.41) is 0. The Hall–Kier alpha value is -0.370. The van der Waals surface area contributed by atoms with Crippen LogP contribution in [0.3, 0.4) is 0 Å². The third kappa shape index (κ3) is 9.21. The second-order valence-electron chi connectivity index (χ2n) is 5.82. The van der Waals surface area contributed by atoms with E-state index in [1.165, 1.54) is 51.4 Å². The maximum absolute atomic E-state index is 11.5. The maximum atomic E-state index is 11.5. The fourth-order valence-corrected chi connectivity index (χ4v) is 2.16. The summed E-state index contributed by atoms with van der Waals surface area (Å²) < 4.78 is 5.75. The normalized spacial score (nSPS) is 14.3. The molecule has 1 atom stereocenters. The first-order chi connectivity index (χ1) is 9.06. The molecule has 0 fully saturated rings. The van der Waals surface area contributed by atoms with Crippen molar-refractivity contribution < 1.29 is 9.53 Å². The molecule has 0 rings (SSSR count). The third-order valence-electron chi connectivity index (χ3n) is 4.09. The Morgan fingerprint density at radius 1 is 0.895 bits per heavy atom. The number of hydrogen-bond donors (Lipinski definition) is 0. The van der Waals surface area contributed by atoms with Gasteiger partial charge in [0.15, 0.2) is 5.78 Å². The van der Waals surface area contributed by atoms with Gasteiger partial charge in [0.1, 0.15) is 5.60 Å². The summed E-state index contributed by atoms with van der Waals surface area (Å²) in [5.41, 5.74) is -0.555. The van der Waals surface area contributed by atoms with E-state index in [1.807, 2.05) is 13.8 Å². The Balaban J connectivity index is 3.38. The van der Waals surface area contributed by atoms with E-state index in [-0.39, 0.29) is 5.78 Å². The van der Waals surface area contributed by atoms with Gasteiger partial charge in [0.05, 0.1) is 0 Å². The number of ether oxygens (including phenoxy) is 1. The monoisotopic (exact) mass is 270 g/mol. The minimum Gasteiger partial charge on any atom is -0.368 e. The SMILES string of the molecule is CCCCCCCCCCCOC(C)(CC)C(C)=O. The lowest BCUT2D eigenvalue weighted by Crippen LogP contribution is -2.36. The molecule has 0 amide bonds. The van der Waals surface area contributed by atoms with Gasteiger partial charge >= 0.3 is 0 Å². The summed E-state index contributed by atoms with van der Waals surface area (Å²) in [5.74, 6) is 0.144. The lowest BCUT2D eigenvalue weighted by atomic mass is 9.98. The number of carbonyl (C=O) groups is 1. The van der Waals surface area contributed by atoms with Gasteiger partial charge in [-0.05, 0) is 26.7 Å². The Bertz CT molecular complexity index is 225. The second-order valence-corrected chi connectivity index (χ2v) is 5.82. The predicted molar refractivity (Wildman–Crippen MR) is 82.6 cm³/mol. The molecule has 0 aliphatic rings. The van der Waals surface area contributed by atoms with Crippen molar-refractivity contribution >= 4 is 5.78 Å². The molecule has 0 aliphatic heterocycles. The topological polar surface area (TPSA) is 26.3 Å². The highest BCUT2D eigenvalue weighted by atomic mass is 16.5. The number of unbranched alkanes of at least 4 members (excludes halogenated alkanes) is 8. The van der Waals surface area contributed by atoms with Crippen molar-refractivity contribution in [3.05, 3.63) is 0 Å². The van der Waals surface area contributed by atoms with Gasteiger partial charge in [-0.3, -0.25) is 4.79 Å². The van der Waals surface area contributed by atoms with Crippen LogP contribution in [-0.2, 0) is 9.53 Å². The van der Waals surface area contributed by atoms with Gasteiger partial charge in [-0.25, -0.2) is 0 Å². The van der Waals surface area contributed by atoms with Gasteiger partial charge in [0, 0.05) is 6.61 Å². The molecule has 0 aromatic rings. The summed E-state index contributed by atoms with van der Waals surface area (Å²) in [6.45, 7) is 8.52. The van der Waals surface area contributed by atoms with Crippen molar-refractivity contribution in [2.45, 2.75) is 97.5 Å². The molecule has 1 unspecified atom stereocenters. The Labute approximate surface area is 120 Å². The van der Waals surface area contributed by atoms with Gasteiger partial charge in [0.25, 0.3) is 0 Å². The molecule has 0 saturated heterocycles. The molecule has 0 radical (unpaired) electrons. The van der Waals surface area contributed by atoms with Gasteiger partial charge in [-0.15, -0.1) is 0 Å². The highest BCUT2D eigenvalue weighted by Crippen LogP contribution is 2.17. The number of rotatable bonds is 13. The summed E-state index contributed by atoms with van der Waals surface area (Å²) >= 11 is 0. The number of hydrogen-bond acceptors (Lipinski definition) is 2. The van der Waals surface area contributed by atoms with E-state index >= 15 is 0 Å². The van der Waals surface area contributed by atoms with Crippen LogP contribution in [0, 0.1) is 0 Å². The highest BCUT2D eigenvalue weighted by Gasteiger charge is 2.27. The number of Topliss-reactive ketones (excluding diaryl/α,β-unsaturated/α-hetero) is 1. The average Bonchev–Trinajstić information content (AvgIpc) is 2.40. The molecule has 19 heavy (non-hydrogen) atoms. The second kappa shape index (κ2) is 11.5. The molecule has 0 heterocycles. The summed E-state index contributed by atoms with van der Waals surface area (Å²) in [6, 6.07) is 0. The van der Waals surface area contributed by atoms with Crippen LogP contribution < -0.4 is 0 Å². The number of carbonyl (C=O) groups excluding carboxylic acids is 1. The fourth-order valence-electron chi connectivity index (χ4n) is 2.16. The zero-order valence-electron chi connectivity index (χ0n) is 13.6. The first-order valence-electron chi connectivity index (χ1n) is 8.21. The van der Waals surface area contributed by atoms with E-state index in [0.717, 1.165) is 19.4 Å². The first kappa shape index (κ1) is 18.6. The van der Waals surface area contributed by atoms with Crippen molar-refractivity contribution in [2.75, 3.05) is 6.61 Å². The number of ketones is 1. The van der Waals surface area contributed by atoms with Crippen molar-refractivity contribution in [3.63, 3.8) is 0 Å². The minimum absolute atomic E-state index is 0.144. The van der Waals surface area contributed by atoms with Crippen LogP contribution in [0.15, 0.2) is 0 Å². The van der Waals surface area contributed by atoms with E-state index in [1.54, 1.807) is 6.92 Å². The van der Waals surface area contributed by atoms with Crippen LogP contribution in [0.5, 0.6) is 0 Å². The Kier molecular flexibility index (Phi) is 11.2. The average molecular weight is 270 g/mol. The molecule has 2 heteroatoms. The quantitative estimate of drug-likeness (QED) is 0.425. The van der Waals surface area contributed by atoms with Gasteiger partial charge in [0.2, 0.25) is 0 Å². The molecule has 0 N–H and O–H groups in total. The molecular weight excluding hydrogens is 236 g/mol. The Morgan fingerprint density at radius 2 is 1.37 bits per heavy atom. The van der Waals surface area contributed by atoms with Crippen LogP contribution in [0.4, 0.5) is 0 Å². The van der Waals surface area contributed by atoms with Crippen molar-refractivity contribution in [1.82, 2.24) is 0 Å². The van der Waals surface area contributed by atoms with E-state index in [9.17, 15) is 4.79 Å². The van der Waals surface area contributed by atoms with Crippen LogP contribution in [0.25, 0.3) is 0 Å². The first-order valence-corrected chi connectivity index (χ1v) is 8.21. The van der Waals surface area contributed by atoms with Gasteiger partial charge in [-0.2, -0.15) is 0 Å². The van der Waals surface area contributed by atoms with Crippen LogP contribution in [0.2, 0.25) is 0 Å². The fraction of sp³-hybridized carbons (Fsp3) is 0.941.